The van der Waals surface area contributed by atoms with Gasteiger partial charge in [0.15, 0.2) is 0 Å². The zero-order valence-electron chi connectivity index (χ0n) is 69.7. The van der Waals surface area contributed by atoms with Crippen molar-refractivity contribution in [2.75, 3.05) is 34.2 Å². The molecule has 4 unspecified atom stereocenters. The molecule has 8 heterocycles. The second-order valence-corrected chi connectivity index (χ2v) is 30.3. The molecule has 0 spiro atoms. The van der Waals surface area contributed by atoms with Gasteiger partial charge in [-0.1, -0.05) is 137 Å². The minimum absolute atomic E-state index is 0.0732. The minimum Gasteiger partial charge on any atom is -0.497 e. The lowest BCUT2D eigenvalue weighted by atomic mass is 9.91. The normalized spacial score (nSPS) is 12.0. The van der Waals surface area contributed by atoms with Gasteiger partial charge in [0, 0.05) is 76.0 Å². The van der Waals surface area contributed by atoms with Crippen LogP contribution in [0, 0.1) is 12.7 Å². The number of carbonyl (C=O) groups is 4. The topological polar surface area (TPSA) is 338 Å². The van der Waals surface area contributed by atoms with E-state index in [1.165, 1.54) is 35.9 Å². The quantitative estimate of drug-likeness (QED) is 0.0375. The van der Waals surface area contributed by atoms with Crippen molar-refractivity contribution in [3.8, 4) is 67.5 Å². The summed E-state index contributed by atoms with van der Waals surface area (Å²) < 4.78 is 35.7. The number of methoxy groups -OCH3 is 4. The third-order valence-corrected chi connectivity index (χ3v) is 21.8. The van der Waals surface area contributed by atoms with Crippen LogP contribution in [0.15, 0.2) is 274 Å². The summed E-state index contributed by atoms with van der Waals surface area (Å²) in [5, 5.41) is 3.64. The molecule has 0 bridgehead atoms. The van der Waals surface area contributed by atoms with E-state index < -0.39 is 29.4 Å². The molecule has 0 radical (unpaired) electrons. The van der Waals surface area contributed by atoms with Crippen molar-refractivity contribution in [1.29, 1.82) is 0 Å². The molecule has 4 amide bonds. The summed E-state index contributed by atoms with van der Waals surface area (Å²) in [7, 11) is 6.38. The summed E-state index contributed by atoms with van der Waals surface area (Å²) in [6, 6.07) is 75.2. The van der Waals surface area contributed by atoms with Gasteiger partial charge in [-0.2, -0.15) is 0 Å². The van der Waals surface area contributed by atoms with E-state index in [0.717, 1.165) is 141 Å². The predicted octanol–water partition coefficient (Wildman–Crippen LogP) is 19.0. The van der Waals surface area contributed by atoms with Crippen LogP contribution in [0.25, 0.3) is 88.1 Å². The molecule has 618 valence electrons. The van der Waals surface area contributed by atoms with Gasteiger partial charge < -0.3 is 47.6 Å². The summed E-state index contributed by atoms with van der Waals surface area (Å²) in [5.74, 6) is 1.43. The van der Waals surface area contributed by atoms with Crippen molar-refractivity contribution in [3.63, 3.8) is 0 Å². The van der Waals surface area contributed by atoms with Crippen LogP contribution in [0.4, 0.5) is 10.2 Å². The molecule has 0 aliphatic carbocycles. The van der Waals surface area contributed by atoms with Crippen molar-refractivity contribution >= 4 is 73.1 Å². The second-order valence-electron chi connectivity index (χ2n) is 30.3. The number of anilines is 1. The summed E-state index contributed by atoms with van der Waals surface area (Å²) in [5.41, 5.74) is 48.5. The zero-order chi connectivity index (χ0) is 87.0. The van der Waals surface area contributed by atoms with E-state index in [1.807, 2.05) is 147 Å². The monoisotopic (exact) mass is 1640 g/mol. The second kappa shape index (κ2) is 39.1. The smallest absolute Gasteiger partial charge is 0.267 e. The molecule has 0 saturated heterocycles. The number of amides is 4. The Hall–Kier alpha value is -15.2. The Kier molecular flexibility index (Phi) is 27.3. The lowest BCUT2D eigenvalue weighted by Crippen LogP contribution is -2.13. The zero-order valence-corrected chi connectivity index (χ0v) is 69.7. The molecule has 8 aromatic heterocycles. The van der Waals surface area contributed by atoms with E-state index in [0.29, 0.717) is 34.6 Å². The molecule has 0 fully saturated rings. The summed E-state index contributed by atoms with van der Waals surface area (Å²) in [4.78, 5) is 82.7. The van der Waals surface area contributed by atoms with Crippen LogP contribution in [-0.2, 0) is 25.7 Å². The maximum Gasteiger partial charge on any atom is 0.267 e. The number of carbonyl (C=O) groups excluding carboxylic acids is 4. The van der Waals surface area contributed by atoms with Gasteiger partial charge in [-0.3, -0.25) is 34.1 Å². The fraction of sp³-hybridized carbons (Fsp3) is 0.168. The van der Waals surface area contributed by atoms with E-state index in [4.69, 9.17) is 47.6 Å². The molecule has 0 saturated carbocycles. The molecule has 16 rings (SSSR count). The van der Waals surface area contributed by atoms with Crippen LogP contribution in [0.5, 0.6) is 23.0 Å². The third kappa shape index (κ3) is 20.9. The average molecular weight is 1640 g/mol. The molecule has 123 heavy (non-hydrogen) atoms. The number of benzene rings is 8. The van der Waals surface area contributed by atoms with Crippen LogP contribution in [0.3, 0.4) is 0 Å². The standard InChI is InChI=1S/C26H25N3O2.C25H23FN4O2.2C25H23N3O2/c1-16(12-18-5-4-17(2)28-15-18)20-8-11-22-23(19-6-9-21(31-3)10-7-19)14-25(26(27)30)29-24(22)13-20;1-14(10-16-4-3-9-29-24(16)27)15-5-7-19-20(13-23(25(28)31)30-22(19)11-15)18-8-6-17(32-2)12-21(18)26;2*1-16(12-17-4-3-11-27-15-17)19-7-10-21-22(18-5-8-20(30-2)9-6-18)14-24(25(26)29)28-23(21)13-19/h4-11,13-16H,12H2,1-3H3,(H2,27,30);3-9,11-14H,10H2,1-2H3,(H2,27,29)(H2,28,31);2*3-11,13-16H,12H2,1-2H3,(H2,26,29). The Labute approximate surface area is 712 Å². The molecule has 0 aliphatic rings. The Morgan fingerprint density at radius 3 is 0.992 bits per heavy atom. The van der Waals surface area contributed by atoms with E-state index >= 15 is 0 Å². The van der Waals surface area contributed by atoms with Crippen molar-refractivity contribution < 1.29 is 42.5 Å². The highest BCUT2D eigenvalue weighted by molar-refractivity contribution is 6.05. The summed E-state index contributed by atoms with van der Waals surface area (Å²) in [6.45, 7) is 10.6. The molecule has 21 nitrogen and oxygen atoms in total. The lowest BCUT2D eigenvalue weighted by Gasteiger charge is -2.16. The fourth-order valence-electron chi connectivity index (χ4n) is 14.9. The first kappa shape index (κ1) is 85.7. The largest absolute Gasteiger partial charge is 0.497 e. The number of pyridine rings is 8. The first-order valence-corrected chi connectivity index (χ1v) is 40.1. The average Bonchev–Trinajstić information content (AvgIpc) is 0.794. The third-order valence-electron chi connectivity index (χ3n) is 21.8. The maximum atomic E-state index is 14.8. The number of fused-ring (bicyclic) bond motifs is 4. The maximum absolute atomic E-state index is 14.8. The lowest BCUT2D eigenvalue weighted by molar-refractivity contribution is 0.0987. The number of ether oxygens (including phenoxy) is 4. The number of hydrogen-bond acceptors (Lipinski definition) is 17. The van der Waals surface area contributed by atoms with Crippen LogP contribution in [0.1, 0.15) is 144 Å². The SMILES string of the molecule is COc1ccc(-c2cc(C(N)=O)nc3cc(C(C)Cc4ccc(C)nc4)ccc23)cc1.COc1ccc(-c2cc(C(N)=O)nc3cc(C(C)Cc4cccnc4)ccc23)cc1.COc1ccc(-c2cc(C(N)=O)nc3cc(C(C)Cc4cccnc4)ccc23)cc1.COc1ccc(-c2cc(C(N)=O)nc3cc(C(C)Cc4cccnc4N)ccc23)c(F)c1. The molecular weight excluding hydrogens is 1540 g/mol. The number of aromatic nitrogens is 8. The molecule has 22 heteroatoms. The number of nitrogen functional groups attached to an aromatic ring is 1. The number of hydrogen-bond donors (Lipinski definition) is 5. The van der Waals surface area contributed by atoms with Gasteiger partial charge in [-0.25, -0.2) is 29.3 Å². The molecular formula is C101H94FN13O8. The van der Waals surface area contributed by atoms with Crippen molar-refractivity contribution in [2.45, 2.75) is 84.0 Å². The van der Waals surface area contributed by atoms with Crippen LogP contribution >= 0.6 is 0 Å². The van der Waals surface area contributed by atoms with E-state index in [2.05, 4.69) is 140 Å². The first-order valence-electron chi connectivity index (χ1n) is 40.1. The Balaban J connectivity index is 0.000000141. The van der Waals surface area contributed by atoms with E-state index in [-0.39, 0.29) is 46.4 Å². The summed E-state index contributed by atoms with van der Waals surface area (Å²) >= 11 is 0. The van der Waals surface area contributed by atoms with E-state index in [1.54, 1.807) is 70.3 Å². The highest BCUT2D eigenvalue weighted by atomic mass is 19.1. The number of nitrogens with zero attached hydrogens (tertiary/aromatic N) is 8. The van der Waals surface area contributed by atoms with Gasteiger partial charge in [-0.05, 0) is 261 Å². The minimum atomic E-state index is -0.677. The number of aryl methyl sites for hydroxylation is 1. The number of rotatable bonds is 24. The molecule has 10 N–H and O–H groups in total. The highest BCUT2D eigenvalue weighted by Gasteiger charge is 2.22. The molecule has 8 aromatic carbocycles. The van der Waals surface area contributed by atoms with Crippen LogP contribution in [0.2, 0.25) is 0 Å². The van der Waals surface area contributed by atoms with Gasteiger partial charge in [0.2, 0.25) is 0 Å². The number of nitrogens with two attached hydrogens (primary N) is 5. The summed E-state index contributed by atoms with van der Waals surface area (Å²) in [6.07, 6.45) is 14.2. The first-order chi connectivity index (χ1) is 59.4. The Morgan fingerprint density at radius 1 is 0.341 bits per heavy atom. The predicted molar refractivity (Wildman–Crippen MR) is 484 cm³/mol. The van der Waals surface area contributed by atoms with Gasteiger partial charge in [0.1, 0.15) is 57.4 Å². The van der Waals surface area contributed by atoms with Gasteiger partial charge in [-0.15, -0.1) is 0 Å². The molecule has 4 atom stereocenters. The number of halogens is 1. The van der Waals surface area contributed by atoms with Gasteiger partial charge >= 0.3 is 0 Å². The molecule has 0 aliphatic heterocycles. The van der Waals surface area contributed by atoms with Crippen molar-refractivity contribution in [1.82, 2.24) is 39.9 Å². The van der Waals surface area contributed by atoms with Crippen molar-refractivity contribution in [3.05, 3.63) is 353 Å². The van der Waals surface area contributed by atoms with Gasteiger partial charge in [0.05, 0.1) is 50.5 Å². The van der Waals surface area contributed by atoms with Crippen LogP contribution in [-0.4, -0.2) is 91.9 Å². The number of primary amides is 4. The molecule has 16 aromatic rings. The Bertz CT molecular complexity index is 6320. The van der Waals surface area contributed by atoms with Crippen LogP contribution < -0.4 is 47.6 Å². The fourth-order valence-corrected chi connectivity index (χ4v) is 14.9. The van der Waals surface area contributed by atoms with E-state index in [9.17, 15) is 23.6 Å². The Morgan fingerprint density at radius 2 is 0.675 bits per heavy atom. The highest BCUT2D eigenvalue weighted by Crippen LogP contribution is 2.39. The van der Waals surface area contributed by atoms with Crippen molar-refractivity contribution in [2.24, 2.45) is 22.9 Å². The van der Waals surface area contributed by atoms with Gasteiger partial charge in [0.25, 0.3) is 23.6 Å².